The van der Waals surface area contributed by atoms with Crippen molar-refractivity contribution in [2.24, 2.45) is 0 Å². The first kappa shape index (κ1) is 12.8. The first-order valence-corrected chi connectivity index (χ1v) is 5.66. The van der Waals surface area contributed by atoms with E-state index in [0.29, 0.717) is 11.1 Å². The van der Waals surface area contributed by atoms with Crippen molar-refractivity contribution in [2.45, 2.75) is 31.8 Å². The SMILES string of the molecule is C=C/C(=C\C=C/C)n1c(S)nnc1C(C)C. The maximum absolute atomic E-state index is 4.31. The van der Waals surface area contributed by atoms with Gasteiger partial charge in [0.2, 0.25) is 0 Å². The molecule has 0 aliphatic carbocycles. The molecule has 16 heavy (non-hydrogen) atoms. The summed E-state index contributed by atoms with van der Waals surface area (Å²) in [6.45, 7) is 9.91. The van der Waals surface area contributed by atoms with Crippen molar-refractivity contribution in [2.75, 3.05) is 0 Å². The third-order valence-electron chi connectivity index (χ3n) is 2.11. The van der Waals surface area contributed by atoms with Gasteiger partial charge in [0.05, 0.1) is 0 Å². The molecule has 0 spiro atoms. The minimum Gasteiger partial charge on any atom is -0.274 e. The summed E-state index contributed by atoms with van der Waals surface area (Å²) in [6.07, 6.45) is 7.65. The van der Waals surface area contributed by atoms with Crippen LogP contribution in [0.2, 0.25) is 0 Å². The Morgan fingerprint density at radius 2 is 2.12 bits per heavy atom. The minimum absolute atomic E-state index is 0.294. The second kappa shape index (κ2) is 5.70. The van der Waals surface area contributed by atoms with Crippen molar-refractivity contribution in [3.63, 3.8) is 0 Å². The molecule has 86 valence electrons. The van der Waals surface area contributed by atoms with E-state index in [-0.39, 0.29) is 0 Å². The van der Waals surface area contributed by atoms with Crippen LogP contribution < -0.4 is 0 Å². The second-order valence-corrected chi connectivity index (χ2v) is 4.07. The van der Waals surface area contributed by atoms with Gasteiger partial charge in [0.1, 0.15) is 5.82 Å². The fourth-order valence-corrected chi connectivity index (χ4v) is 1.60. The Kier molecular flexibility index (Phi) is 4.55. The van der Waals surface area contributed by atoms with Gasteiger partial charge >= 0.3 is 0 Å². The standard InChI is InChI=1S/C12H17N3S/c1-5-7-8-10(6-2)15-11(9(3)4)13-14-12(15)16/h5-9H,2H2,1,3-4H3,(H,14,16)/b7-5-,10-8+. The number of thiol groups is 1. The predicted octanol–water partition coefficient (Wildman–Crippen LogP) is 3.29. The number of hydrogen-bond acceptors (Lipinski definition) is 3. The van der Waals surface area contributed by atoms with Crippen molar-refractivity contribution >= 4 is 18.3 Å². The Morgan fingerprint density at radius 3 is 2.62 bits per heavy atom. The molecule has 0 N–H and O–H groups in total. The molecule has 1 heterocycles. The third kappa shape index (κ3) is 2.64. The molecule has 0 aromatic carbocycles. The molecule has 3 nitrogen and oxygen atoms in total. The van der Waals surface area contributed by atoms with Gasteiger partial charge in [-0.15, -0.1) is 22.8 Å². The van der Waals surface area contributed by atoms with Gasteiger partial charge in [-0.05, 0) is 19.1 Å². The first-order valence-electron chi connectivity index (χ1n) is 5.21. The zero-order chi connectivity index (χ0) is 12.1. The summed E-state index contributed by atoms with van der Waals surface area (Å²) in [5, 5.41) is 8.68. The highest BCUT2D eigenvalue weighted by Crippen LogP contribution is 2.21. The average Bonchev–Trinajstić information content (AvgIpc) is 2.62. The number of rotatable bonds is 4. The van der Waals surface area contributed by atoms with Gasteiger partial charge in [-0.25, -0.2) is 0 Å². The van der Waals surface area contributed by atoms with Gasteiger partial charge in [-0.2, -0.15) is 0 Å². The van der Waals surface area contributed by atoms with Crippen molar-refractivity contribution < 1.29 is 0 Å². The van der Waals surface area contributed by atoms with E-state index < -0.39 is 0 Å². The van der Waals surface area contributed by atoms with E-state index in [1.54, 1.807) is 6.08 Å². The maximum Gasteiger partial charge on any atom is 0.192 e. The number of allylic oxidation sites excluding steroid dienone is 5. The zero-order valence-corrected chi connectivity index (χ0v) is 10.8. The fourth-order valence-electron chi connectivity index (χ4n) is 1.34. The van der Waals surface area contributed by atoms with Crippen molar-refractivity contribution in [3.8, 4) is 0 Å². The molecule has 0 saturated heterocycles. The van der Waals surface area contributed by atoms with Gasteiger partial charge in [0.15, 0.2) is 5.16 Å². The van der Waals surface area contributed by atoms with Crippen LogP contribution in [0.1, 0.15) is 32.5 Å². The minimum atomic E-state index is 0.294. The first-order chi connectivity index (χ1) is 7.61. The van der Waals surface area contributed by atoms with Crippen molar-refractivity contribution in [1.29, 1.82) is 0 Å². The highest BCUT2D eigenvalue weighted by atomic mass is 32.1. The number of nitrogens with zero attached hydrogens (tertiary/aromatic N) is 3. The van der Waals surface area contributed by atoms with E-state index in [1.807, 2.05) is 29.7 Å². The van der Waals surface area contributed by atoms with Crippen LogP contribution in [0.15, 0.2) is 36.0 Å². The molecule has 1 aromatic heterocycles. The molecule has 1 rings (SSSR count). The summed E-state index contributed by atoms with van der Waals surface area (Å²) in [5.41, 5.74) is 0.928. The molecule has 0 radical (unpaired) electrons. The van der Waals surface area contributed by atoms with Gasteiger partial charge in [0, 0.05) is 11.6 Å². The Labute approximate surface area is 102 Å². The van der Waals surface area contributed by atoms with Crippen molar-refractivity contribution in [1.82, 2.24) is 14.8 Å². The summed E-state index contributed by atoms with van der Waals surface area (Å²) in [7, 11) is 0. The largest absolute Gasteiger partial charge is 0.274 e. The third-order valence-corrected chi connectivity index (χ3v) is 2.40. The predicted molar refractivity (Wildman–Crippen MR) is 70.6 cm³/mol. The lowest BCUT2D eigenvalue weighted by Gasteiger charge is -2.10. The normalized spacial score (nSPS) is 12.7. The summed E-state index contributed by atoms with van der Waals surface area (Å²) in [6, 6.07) is 0. The molecule has 0 aliphatic rings. The molecule has 0 atom stereocenters. The van der Waals surface area contributed by atoms with E-state index in [0.717, 1.165) is 11.5 Å². The van der Waals surface area contributed by atoms with Gasteiger partial charge in [0.25, 0.3) is 0 Å². The lowest BCUT2D eigenvalue weighted by atomic mass is 10.2. The van der Waals surface area contributed by atoms with Crippen LogP contribution in [-0.2, 0) is 0 Å². The van der Waals surface area contributed by atoms with E-state index >= 15 is 0 Å². The Hall–Kier alpha value is -1.29. The average molecular weight is 235 g/mol. The van der Waals surface area contributed by atoms with Crippen LogP contribution >= 0.6 is 12.6 Å². The summed E-state index contributed by atoms with van der Waals surface area (Å²) >= 11 is 4.31. The lowest BCUT2D eigenvalue weighted by Crippen LogP contribution is -2.04. The molecule has 0 unspecified atom stereocenters. The molecule has 0 fully saturated rings. The number of aromatic nitrogens is 3. The summed E-state index contributed by atoms with van der Waals surface area (Å²) in [5.74, 6) is 1.18. The molecular weight excluding hydrogens is 218 g/mol. The van der Waals surface area contributed by atoms with E-state index in [1.165, 1.54) is 0 Å². The zero-order valence-electron chi connectivity index (χ0n) is 9.88. The van der Waals surface area contributed by atoms with Crippen molar-refractivity contribution in [3.05, 3.63) is 36.7 Å². The molecule has 1 aromatic rings. The van der Waals surface area contributed by atoms with Gasteiger partial charge < -0.3 is 0 Å². The Morgan fingerprint density at radius 1 is 1.44 bits per heavy atom. The number of hydrogen-bond donors (Lipinski definition) is 1. The second-order valence-electron chi connectivity index (χ2n) is 3.67. The van der Waals surface area contributed by atoms with Gasteiger partial charge in [-0.1, -0.05) is 32.6 Å². The van der Waals surface area contributed by atoms with E-state index in [2.05, 4.69) is 43.3 Å². The van der Waals surface area contributed by atoms with Crippen LogP contribution in [0.5, 0.6) is 0 Å². The summed E-state index contributed by atoms with van der Waals surface area (Å²) in [4.78, 5) is 0. The Balaban J connectivity index is 3.28. The van der Waals surface area contributed by atoms with Crippen LogP contribution in [0.4, 0.5) is 0 Å². The van der Waals surface area contributed by atoms with Crippen LogP contribution in [0.25, 0.3) is 5.70 Å². The monoisotopic (exact) mass is 235 g/mol. The van der Waals surface area contributed by atoms with Gasteiger partial charge in [-0.3, -0.25) is 4.57 Å². The highest BCUT2D eigenvalue weighted by molar-refractivity contribution is 7.80. The Bertz CT molecular complexity index is 427. The van der Waals surface area contributed by atoms with Crippen LogP contribution in [0.3, 0.4) is 0 Å². The smallest absolute Gasteiger partial charge is 0.192 e. The molecule has 0 saturated carbocycles. The topological polar surface area (TPSA) is 30.7 Å². The molecule has 0 aliphatic heterocycles. The lowest BCUT2D eigenvalue weighted by molar-refractivity contribution is 0.742. The molecule has 4 heteroatoms. The molecule has 0 amide bonds. The summed E-state index contributed by atoms with van der Waals surface area (Å²) < 4.78 is 1.90. The van der Waals surface area contributed by atoms with E-state index in [4.69, 9.17) is 0 Å². The molecule has 0 bridgehead atoms. The highest BCUT2D eigenvalue weighted by Gasteiger charge is 2.13. The quantitative estimate of drug-likeness (QED) is 0.641. The van der Waals surface area contributed by atoms with Crippen LogP contribution in [-0.4, -0.2) is 14.8 Å². The fraction of sp³-hybridized carbons (Fsp3) is 0.333. The molecular formula is C12H17N3S. The van der Waals surface area contributed by atoms with E-state index in [9.17, 15) is 0 Å². The van der Waals surface area contributed by atoms with Crippen LogP contribution in [0, 0.1) is 0 Å². The maximum atomic E-state index is 4.31.